The largest absolute Gasteiger partial charge is 0.493 e. The third kappa shape index (κ3) is 5.44. The zero-order chi connectivity index (χ0) is 18.3. The minimum absolute atomic E-state index is 0.0373. The molecule has 134 valence electrons. The molecule has 0 aliphatic carbocycles. The Labute approximate surface area is 143 Å². The van der Waals surface area contributed by atoms with Gasteiger partial charge in [-0.3, -0.25) is 9.59 Å². The lowest BCUT2D eigenvalue weighted by Gasteiger charge is -2.29. The second kappa shape index (κ2) is 9.15. The molecule has 1 rings (SSSR count). The molecule has 0 spiro atoms. The summed E-state index contributed by atoms with van der Waals surface area (Å²) in [5.41, 5.74) is 0.968. The summed E-state index contributed by atoms with van der Waals surface area (Å²) in [6.07, 6.45) is 0.502. The number of benzene rings is 1. The molecule has 1 N–H and O–H groups in total. The van der Waals surface area contributed by atoms with E-state index in [9.17, 15) is 9.59 Å². The van der Waals surface area contributed by atoms with E-state index in [0.29, 0.717) is 17.9 Å². The molecule has 0 aliphatic rings. The number of carbonyl (C=O) groups is 2. The topological polar surface area (TPSA) is 76.1 Å². The summed E-state index contributed by atoms with van der Waals surface area (Å²) in [5, 5.41) is 8.84. The Morgan fingerprint density at radius 3 is 2.25 bits per heavy atom. The van der Waals surface area contributed by atoms with E-state index in [1.165, 1.54) is 0 Å². The normalized spacial score (nSPS) is 11.9. The van der Waals surface area contributed by atoms with Crippen LogP contribution in [0.2, 0.25) is 0 Å². The molecule has 0 aliphatic heterocycles. The summed E-state index contributed by atoms with van der Waals surface area (Å²) >= 11 is 0. The number of carboxylic acids is 1. The van der Waals surface area contributed by atoms with Crippen LogP contribution < -0.4 is 9.47 Å². The van der Waals surface area contributed by atoms with Crippen LogP contribution in [-0.4, -0.2) is 48.7 Å². The maximum absolute atomic E-state index is 12.7. The molecule has 0 bridgehead atoms. The van der Waals surface area contributed by atoms with Crippen molar-refractivity contribution in [3.8, 4) is 11.5 Å². The van der Waals surface area contributed by atoms with E-state index in [1.54, 1.807) is 19.1 Å². The van der Waals surface area contributed by atoms with Crippen molar-refractivity contribution in [2.24, 2.45) is 5.92 Å². The average Bonchev–Trinajstić information content (AvgIpc) is 2.53. The number of carboxylic acid groups (broad SMARTS) is 1. The fraction of sp³-hybridized carbons (Fsp3) is 0.556. The van der Waals surface area contributed by atoms with Gasteiger partial charge in [0.05, 0.1) is 20.6 Å². The van der Waals surface area contributed by atoms with E-state index in [0.717, 1.165) is 5.56 Å². The van der Waals surface area contributed by atoms with Gasteiger partial charge in [0.1, 0.15) is 0 Å². The molecule has 1 aromatic rings. The fourth-order valence-corrected chi connectivity index (χ4v) is 2.57. The van der Waals surface area contributed by atoms with Gasteiger partial charge < -0.3 is 19.5 Å². The molecule has 1 amide bonds. The maximum atomic E-state index is 12.7. The minimum Gasteiger partial charge on any atom is -0.493 e. The predicted octanol–water partition coefficient (Wildman–Crippen LogP) is 2.59. The van der Waals surface area contributed by atoms with Gasteiger partial charge in [-0.2, -0.15) is 0 Å². The van der Waals surface area contributed by atoms with Gasteiger partial charge in [0, 0.05) is 18.5 Å². The van der Waals surface area contributed by atoms with Gasteiger partial charge in [0.25, 0.3) is 0 Å². The number of methoxy groups -OCH3 is 2. The number of hydrogen-bond acceptors (Lipinski definition) is 4. The Morgan fingerprint density at radius 2 is 1.75 bits per heavy atom. The van der Waals surface area contributed by atoms with Crippen molar-refractivity contribution in [1.29, 1.82) is 0 Å². The molecule has 0 radical (unpaired) electrons. The van der Waals surface area contributed by atoms with Crippen LogP contribution in [0, 0.1) is 5.92 Å². The standard InChI is InChI=1S/C18H27NO5/c1-12(2)19(9-8-17(20)21)18(22)13(3)10-14-6-7-15(23-4)16(11-14)24-5/h6-7,11-13H,8-10H2,1-5H3,(H,20,21). The lowest BCUT2D eigenvalue weighted by atomic mass is 9.98. The highest BCUT2D eigenvalue weighted by atomic mass is 16.5. The van der Waals surface area contributed by atoms with Crippen LogP contribution in [0.3, 0.4) is 0 Å². The number of hydrogen-bond donors (Lipinski definition) is 1. The van der Waals surface area contributed by atoms with Crippen molar-refractivity contribution in [2.45, 2.75) is 39.7 Å². The van der Waals surface area contributed by atoms with Gasteiger partial charge in [-0.15, -0.1) is 0 Å². The quantitative estimate of drug-likeness (QED) is 0.749. The van der Waals surface area contributed by atoms with Crippen LogP contribution in [0.15, 0.2) is 18.2 Å². The van der Waals surface area contributed by atoms with Crippen molar-refractivity contribution >= 4 is 11.9 Å². The molecule has 0 fully saturated rings. The van der Waals surface area contributed by atoms with Crippen molar-refractivity contribution in [1.82, 2.24) is 4.90 Å². The van der Waals surface area contributed by atoms with Gasteiger partial charge in [0.15, 0.2) is 11.5 Å². The number of rotatable bonds is 9. The van der Waals surface area contributed by atoms with E-state index in [-0.39, 0.29) is 30.8 Å². The SMILES string of the molecule is COc1ccc(CC(C)C(=O)N(CCC(=O)O)C(C)C)cc1OC. The molecule has 0 saturated heterocycles. The lowest BCUT2D eigenvalue weighted by molar-refractivity contribution is -0.140. The number of carbonyl (C=O) groups excluding carboxylic acids is 1. The van der Waals surface area contributed by atoms with Crippen molar-refractivity contribution in [2.75, 3.05) is 20.8 Å². The van der Waals surface area contributed by atoms with Crippen LogP contribution in [0.25, 0.3) is 0 Å². The summed E-state index contributed by atoms with van der Waals surface area (Å²) in [5.74, 6) is 0.0769. The van der Waals surface area contributed by atoms with Gasteiger partial charge in [-0.25, -0.2) is 0 Å². The zero-order valence-electron chi connectivity index (χ0n) is 15.0. The molecule has 0 saturated carbocycles. The second-order valence-corrected chi connectivity index (χ2v) is 6.06. The van der Waals surface area contributed by atoms with Crippen molar-refractivity contribution in [3.63, 3.8) is 0 Å². The third-order valence-corrected chi connectivity index (χ3v) is 3.88. The number of ether oxygens (including phenoxy) is 2. The minimum atomic E-state index is -0.902. The van der Waals surface area contributed by atoms with Gasteiger partial charge in [-0.1, -0.05) is 13.0 Å². The summed E-state index contributed by atoms with van der Waals surface area (Å²) < 4.78 is 10.5. The number of amides is 1. The Bertz CT molecular complexity index is 571. The summed E-state index contributed by atoms with van der Waals surface area (Å²) in [7, 11) is 3.15. The Morgan fingerprint density at radius 1 is 1.12 bits per heavy atom. The highest BCUT2D eigenvalue weighted by Crippen LogP contribution is 2.28. The first-order valence-electron chi connectivity index (χ1n) is 8.03. The first-order chi connectivity index (χ1) is 11.3. The fourth-order valence-electron chi connectivity index (χ4n) is 2.57. The van der Waals surface area contributed by atoms with Crippen LogP contribution in [0.4, 0.5) is 0 Å². The summed E-state index contributed by atoms with van der Waals surface area (Å²) in [6.45, 7) is 5.86. The predicted molar refractivity (Wildman–Crippen MR) is 91.5 cm³/mol. The monoisotopic (exact) mass is 337 g/mol. The molecule has 0 heterocycles. The molecule has 24 heavy (non-hydrogen) atoms. The van der Waals surface area contributed by atoms with E-state index < -0.39 is 5.97 Å². The first-order valence-corrected chi connectivity index (χ1v) is 8.03. The lowest BCUT2D eigenvalue weighted by Crippen LogP contribution is -2.42. The molecule has 0 aromatic heterocycles. The molecule has 1 atom stereocenters. The zero-order valence-corrected chi connectivity index (χ0v) is 15.0. The Hall–Kier alpha value is -2.24. The summed E-state index contributed by atoms with van der Waals surface area (Å²) in [4.78, 5) is 25.1. The van der Waals surface area contributed by atoms with E-state index >= 15 is 0 Å². The third-order valence-electron chi connectivity index (χ3n) is 3.88. The molecule has 6 nitrogen and oxygen atoms in total. The second-order valence-electron chi connectivity index (χ2n) is 6.06. The van der Waals surface area contributed by atoms with E-state index in [2.05, 4.69) is 0 Å². The van der Waals surface area contributed by atoms with Crippen molar-refractivity contribution in [3.05, 3.63) is 23.8 Å². The van der Waals surface area contributed by atoms with Crippen LogP contribution in [-0.2, 0) is 16.0 Å². The molecule has 6 heteroatoms. The van der Waals surface area contributed by atoms with Gasteiger partial charge >= 0.3 is 5.97 Å². The maximum Gasteiger partial charge on any atom is 0.305 e. The molecule has 1 unspecified atom stereocenters. The highest BCUT2D eigenvalue weighted by molar-refractivity contribution is 5.79. The van der Waals surface area contributed by atoms with E-state index in [4.69, 9.17) is 14.6 Å². The average molecular weight is 337 g/mol. The van der Waals surface area contributed by atoms with Crippen LogP contribution >= 0.6 is 0 Å². The number of aliphatic carboxylic acids is 1. The molecular formula is C18H27NO5. The Kier molecular flexibility index (Phi) is 7.55. The molecule has 1 aromatic carbocycles. The smallest absolute Gasteiger partial charge is 0.305 e. The van der Waals surface area contributed by atoms with Crippen molar-refractivity contribution < 1.29 is 24.2 Å². The van der Waals surface area contributed by atoms with Gasteiger partial charge in [-0.05, 0) is 38.0 Å². The van der Waals surface area contributed by atoms with Crippen LogP contribution in [0.1, 0.15) is 32.8 Å². The number of nitrogens with zero attached hydrogens (tertiary/aromatic N) is 1. The highest BCUT2D eigenvalue weighted by Gasteiger charge is 2.23. The summed E-state index contributed by atoms with van der Waals surface area (Å²) in [6, 6.07) is 5.54. The van der Waals surface area contributed by atoms with Gasteiger partial charge in [0.2, 0.25) is 5.91 Å². The first kappa shape index (κ1) is 19.8. The van der Waals surface area contributed by atoms with Crippen LogP contribution in [0.5, 0.6) is 11.5 Å². The molecular weight excluding hydrogens is 310 g/mol. The van der Waals surface area contributed by atoms with E-state index in [1.807, 2.05) is 39.0 Å². The Balaban J connectivity index is 2.82.